The second-order valence-electron chi connectivity index (χ2n) is 7.20. The summed E-state index contributed by atoms with van der Waals surface area (Å²) in [6.07, 6.45) is 0.442. The summed E-state index contributed by atoms with van der Waals surface area (Å²) >= 11 is 12.8. The van der Waals surface area contributed by atoms with Gasteiger partial charge in [0, 0.05) is 22.6 Å². The van der Waals surface area contributed by atoms with Crippen LogP contribution in [0, 0.1) is 6.92 Å². The van der Waals surface area contributed by atoms with Crippen LogP contribution >= 0.6 is 23.2 Å². The summed E-state index contributed by atoms with van der Waals surface area (Å²) in [6, 6.07) is 22.3. The van der Waals surface area contributed by atoms with Crippen molar-refractivity contribution >= 4 is 28.9 Å². The molecule has 2 atom stereocenters. The van der Waals surface area contributed by atoms with Crippen molar-refractivity contribution in [2.24, 2.45) is 5.10 Å². The van der Waals surface area contributed by atoms with Crippen LogP contribution in [0.1, 0.15) is 40.9 Å². The predicted molar refractivity (Wildman–Crippen MR) is 113 cm³/mol. The summed E-state index contributed by atoms with van der Waals surface area (Å²) in [5.41, 5.74) is 5.39. The number of fused-ring (bicyclic) bond motifs is 3. The molecule has 0 bridgehead atoms. The quantitative estimate of drug-likeness (QED) is 0.480. The molecule has 0 saturated carbocycles. The molecule has 0 fully saturated rings. The van der Waals surface area contributed by atoms with E-state index in [0.717, 1.165) is 28.8 Å². The second kappa shape index (κ2) is 6.84. The Morgan fingerprint density at radius 3 is 2.50 bits per heavy atom. The molecular formula is C23H18Cl2N2O. The fourth-order valence-electron chi connectivity index (χ4n) is 3.87. The highest BCUT2D eigenvalue weighted by Crippen LogP contribution is 2.50. The summed E-state index contributed by atoms with van der Waals surface area (Å²) in [4.78, 5) is 0. The molecule has 3 aromatic carbocycles. The monoisotopic (exact) mass is 408 g/mol. The molecule has 28 heavy (non-hydrogen) atoms. The highest BCUT2D eigenvalue weighted by molar-refractivity contribution is 6.35. The van der Waals surface area contributed by atoms with Crippen molar-refractivity contribution in [1.82, 2.24) is 5.01 Å². The minimum Gasteiger partial charge on any atom is -0.463 e. The third-order valence-corrected chi connectivity index (χ3v) is 5.78. The van der Waals surface area contributed by atoms with Gasteiger partial charge in [-0.25, -0.2) is 5.01 Å². The summed E-state index contributed by atoms with van der Waals surface area (Å²) in [5.74, 6) is 0.697. The molecule has 2 aliphatic heterocycles. The first-order valence-corrected chi connectivity index (χ1v) is 9.99. The van der Waals surface area contributed by atoms with E-state index in [1.54, 1.807) is 6.07 Å². The standard InChI is InChI=1S/C23H18Cl2N2O/c1-14-7-9-16(10-8-14)23-27-21(13-20(26-27)15-5-3-2-4-6-15)18-11-17(24)12-19(25)22(18)28-23/h2-12,21,23H,13H2,1H3/t21-,23-/m0/s1. The van der Waals surface area contributed by atoms with Gasteiger partial charge in [-0.1, -0.05) is 83.4 Å². The molecule has 140 valence electrons. The number of rotatable bonds is 2. The van der Waals surface area contributed by atoms with E-state index in [-0.39, 0.29) is 12.3 Å². The molecule has 0 spiro atoms. The van der Waals surface area contributed by atoms with Crippen LogP contribution in [0.5, 0.6) is 5.75 Å². The van der Waals surface area contributed by atoms with Crippen LogP contribution in [-0.4, -0.2) is 10.7 Å². The molecule has 3 aromatic rings. The molecule has 0 aromatic heterocycles. The van der Waals surface area contributed by atoms with Gasteiger partial charge in [0.15, 0.2) is 0 Å². The lowest BCUT2D eigenvalue weighted by Gasteiger charge is -2.38. The van der Waals surface area contributed by atoms with Gasteiger partial charge in [-0.2, -0.15) is 5.10 Å². The van der Waals surface area contributed by atoms with E-state index < -0.39 is 0 Å². The van der Waals surface area contributed by atoms with Gasteiger partial charge in [0.25, 0.3) is 0 Å². The van der Waals surface area contributed by atoms with Gasteiger partial charge in [-0.05, 0) is 24.6 Å². The fourth-order valence-corrected chi connectivity index (χ4v) is 4.42. The number of halogens is 2. The molecule has 5 rings (SSSR count). The van der Waals surface area contributed by atoms with Crippen LogP contribution in [0.25, 0.3) is 0 Å². The zero-order valence-electron chi connectivity index (χ0n) is 15.3. The van der Waals surface area contributed by atoms with Crippen LogP contribution in [0.3, 0.4) is 0 Å². The number of hydrogen-bond acceptors (Lipinski definition) is 3. The van der Waals surface area contributed by atoms with Crippen molar-refractivity contribution in [2.75, 3.05) is 0 Å². The minimum atomic E-state index is -0.335. The van der Waals surface area contributed by atoms with Crippen molar-refractivity contribution in [3.63, 3.8) is 0 Å². The molecule has 0 radical (unpaired) electrons. The maximum atomic E-state index is 6.50. The molecule has 3 nitrogen and oxygen atoms in total. The van der Waals surface area contributed by atoms with Crippen LogP contribution < -0.4 is 4.74 Å². The predicted octanol–water partition coefficient (Wildman–Crippen LogP) is 6.54. The van der Waals surface area contributed by atoms with Crippen LogP contribution in [0.4, 0.5) is 0 Å². The zero-order chi connectivity index (χ0) is 19.3. The normalized spacial score (nSPS) is 20.2. The van der Waals surface area contributed by atoms with E-state index in [9.17, 15) is 0 Å². The smallest absolute Gasteiger partial charge is 0.213 e. The van der Waals surface area contributed by atoms with Gasteiger partial charge in [-0.3, -0.25) is 0 Å². The van der Waals surface area contributed by atoms with Gasteiger partial charge >= 0.3 is 0 Å². The fraction of sp³-hybridized carbons (Fsp3) is 0.174. The number of aryl methyl sites for hydroxylation is 1. The van der Waals surface area contributed by atoms with Crippen molar-refractivity contribution in [1.29, 1.82) is 0 Å². The molecule has 5 heteroatoms. The summed E-state index contributed by atoms with van der Waals surface area (Å²) in [5, 5.41) is 8.14. The lowest BCUT2D eigenvalue weighted by Crippen LogP contribution is -2.33. The third-order valence-electron chi connectivity index (χ3n) is 5.28. The molecule has 0 amide bonds. The Labute approximate surface area is 174 Å². The Morgan fingerprint density at radius 2 is 1.75 bits per heavy atom. The van der Waals surface area contributed by atoms with E-state index in [2.05, 4.69) is 43.3 Å². The molecule has 0 unspecified atom stereocenters. The van der Waals surface area contributed by atoms with Crippen LogP contribution in [0.2, 0.25) is 10.0 Å². The van der Waals surface area contributed by atoms with Crippen molar-refractivity contribution in [2.45, 2.75) is 25.6 Å². The summed E-state index contributed by atoms with van der Waals surface area (Å²) < 4.78 is 6.37. The highest BCUT2D eigenvalue weighted by atomic mass is 35.5. The first kappa shape index (κ1) is 17.6. The molecule has 0 saturated heterocycles. The Morgan fingerprint density at radius 1 is 1.00 bits per heavy atom. The molecule has 2 heterocycles. The van der Waals surface area contributed by atoms with Crippen molar-refractivity contribution in [3.05, 3.63) is 99.0 Å². The SMILES string of the molecule is Cc1ccc([C@@H]2Oc3c(Cl)cc(Cl)cc3[C@@H]3CC(c4ccccc4)=NN32)cc1. The van der Waals surface area contributed by atoms with Gasteiger partial charge in [0.05, 0.1) is 16.8 Å². The highest BCUT2D eigenvalue weighted by Gasteiger charge is 2.42. The number of hydrogen-bond donors (Lipinski definition) is 0. The third kappa shape index (κ3) is 2.95. The summed E-state index contributed by atoms with van der Waals surface area (Å²) in [7, 11) is 0. The average Bonchev–Trinajstić information content (AvgIpc) is 3.15. The summed E-state index contributed by atoms with van der Waals surface area (Å²) in [6.45, 7) is 2.07. The Hall–Kier alpha value is -2.49. The first-order valence-electron chi connectivity index (χ1n) is 9.23. The Bertz CT molecular complexity index is 1060. The lowest BCUT2D eigenvalue weighted by atomic mass is 9.96. The van der Waals surface area contributed by atoms with Gasteiger partial charge in [-0.15, -0.1) is 0 Å². The van der Waals surface area contributed by atoms with E-state index in [4.69, 9.17) is 33.0 Å². The average molecular weight is 409 g/mol. The number of ether oxygens (including phenoxy) is 1. The van der Waals surface area contributed by atoms with E-state index in [1.165, 1.54) is 5.56 Å². The molecule has 0 N–H and O–H groups in total. The number of hydrazone groups is 1. The van der Waals surface area contributed by atoms with Crippen molar-refractivity contribution < 1.29 is 4.74 Å². The maximum Gasteiger partial charge on any atom is 0.213 e. The molecule has 2 aliphatic rings. The Kier molecular flexibility index (Phi) is 4.30. The van der Waals surface area contributed by atoms with Gasteiger partial charge < -0.3 is 4.74 Å². The van der Waals surface area contributed by atoms with E-state index >= 15 is 0 Å². The van der Waals surface area contributed by atoms with Crippen LogP contribution in [-0.2, 0) is 0 Å². The topological polar surface area (TPSA) is 24.8 Å². The lowest BCUT2D eigenvalue weighted by molar-refractivity contribution is -0.0189. The zero-order valence-corrected chi connectivity index (χ0v) is 16.8. The number of nitrogens with zero attached hydrogens (tertiary/aromatic N) is 2. The maximum absolute atomic E-state index is 6.50. The second-order valence-corrected chi connectivity index (χ2v) is 8.04. The van der Waals surface area contributed by atoms with Gasteiger partial charge in [0.2, 0.25) is 6.23 Å². The molecule has 0 aliphatic carbocycles. The van der Waals surface area contributed by atoms with Gasteiger partial charge in [0.1, 0.15) is 5.75 Å². The largest absolute Gasteiger partial charge is 0.463 e. The minimum absolute atomic E-state index is 0.0291. The number of benzene rings is 3. The first-order chi connectivity index (χ1) is 13.6. The van der Waals surface area contributed by atoms with E-state index in [0.29, 0.717) is 15.8 Å². The van der Waals surface area contributed by atoms with Crippen molar-refractivity contribution in [3.8, 4) is 5.75 Å². The Balaban J connectivity index is 1.63. The van der Waals surface area contributed by atoms with Crippen LogP contribution in [0.15, 0.2) is 71.8 Å². The molecular weight excluding hydrogens is 391 g/mol. The van der Waals surface area contributed by atoms with E-state index in [1.807, 2.05) is 29.3 Å².